The number of hydrogen-bond acceptors (Lipinski definition) is 5. The Hall–Kier alpha value is -2.53. The Kier molecular flexibility index (Phi) is 4.25. The number of rotatable bonds is 4. The lowest BCUT2D eigenvalue weighted by Gasteiger charge is -2.01. The fraction of sp³-hybridized carbons (Fsp3) is 0.118. The van der Waals surface area contributed by atoms with Gasteiger partial charge in [-0.1, -0.05) is 36.4 Å². The van der Waals surface area contributed by atoms with Crippen molar-refractivity contribution in [2.75, 3.05) is 6.61 Å². The highest BCUT2D eigenvalue weighted by Crippen LogP contribution is 2.34. The first kappa shape index (κ1) is 14.4. The van der Waals surface area contributed by atoms with Gasteiger partial charge in [-0.3, -0.25) is 4.98 Å². The predicted octanol–water partition coefficient (Wildman–Crippen LogP) is 4.05. The summed E-state index contributed by atoms with van der Waals surface area (Å²) in [5, 5.41) is 0.782. The van der Waals surface area contributed by atoms with Gasteiger partial charge < -0.3 is 4.74 Å². The SMILES string of the molecule is CCOC(=O)c1nc(-c2ccccc2)sc1-c1ccccn1. The quantitative estimate of drug-likeness (QED) is 0.682. The number of ether oxygens (including phenoxy) is 1. The van der Waals surface area contributed by atoms with Crippen molar-refractivity contribution >= 4 is 17.3 Å². The van der Waals surface area contributed by atoms with E-state index in [1.165, 1.54) is 11.3 Å². The maximum Gasteiger partial charge on any atom is 0.358 e. The van der Waals surface area contributed by atoms with E-state index in [-0.39, 0.29) is 0 Å². The Bertz CT molecular complexity index is 770. The molecular weight excluding hydrogens is 296 g/mol. The number of carbonyl (C=O) groups excluding carboxylic acids is 1. The number of carbonyl (C=O) groups is 1. The van der Waals surface area contributed by atoms with Crippen LogP contribution >= 0.6 is 11.3 Å². The number of hydrogen-bond donors (Lipinski definition) is 0. The fourth-order valence-electron chi connectivity index (χ4n) is 2.03. The molecule has 3 aromatic rings. The van der Waals surface area contributed by atoms with E-state index in [9.17, 15) is 4.79 Å². The third-order valence-electron chi connectivity index (χ3n) is 3.01. The van der Waals surface area contributed by atoms with Crippen LogP contribution in [-0.4, -0.2) is 22.5 Å². The lowest BCUT2D eigenvalue weighted by Crippen LogP contribution is -2.06. The van der Waals surface area contributed by atoms with E-state index in [1.54, 1.807) is 13.1 Å². The van der Waals surface area contributed by atoms with Gasteiger partial charge in [-0.05, 0) is 19.1 Å². The Morgan fingerprint density at radius 2 is 1.91 bits per heavy atom. The smallest absolute Gasteiger partial charge is 0.358 e. The van der Waals surface area contributed by atoms with Gasteiger partial charge in [-0.2, -0.15) is 0 Å². The third kappa shape index (κ3) is 2.89. The summed E-state index contributed by atoms with van der Waals surface area (Å²) in [6, 6.07) is 15.4. The highest BCUT2D eigenvalue weighted by Gasteiger charge is 2.21. The van der Waals surface area contributed by atoms with E-state index in [1.807, 2.05) is 48.5 Å². The first-order valence-corrected chi connectivity index (χ1v) is 7.76. The maximum absolute atomic E-state index is 12.2. The number of aromatic nitrogens is 2. The Labute approximate surface area is 132 Å². The van der Waals surface area contributed by atoms with Crippen LogP contribution in [0.1, 0.15) is 17.4 Å². The van der Waals surface area contributed by atoms with E-state index >= 15 is 0 Å². The molecule has 0 fully saturated rings. The Balaban J connectivity index is 2.11. The second kappa shape index (κ2) is 6.49. The first-order valence-electron chi connectivity index (χ1n) is 6.94. The van der Waals surface area contributed by atoms with Crippen molar-refractivity contribution in [3.05, 3.63) is 60.4 Å². The fourth-order valence-corrected chi connectivity index (χ4v) is 3.07. The second-order valence-corrected chi connectivity index (χ2v) is 5.50. The summed E-state index contributed by atoms with van der Waals surface area (Å²) in [5.74, 6) is -0.415. The van der Waals surface area contributed by atoms with E-state index in [2.05, 4.69) is 9.97 Å². The van der Waals surface area contributed by atoms with Gasteiger partial charge in [-0.25, -0.2) is 9.78 Å². The summed E-state index contributed by atoms with van der Waals surface area (Å²) in [5.41, 5.74) is 2.02. The van der Waals surface area contributed by atoms with Crippen LogP contribution in [0, 0.1) is 0 Å². The summed E-state index contributed by atoms with van der Waals surface area (Å²) in [7, 11) is 0. The van der Waals surface area contributed by atoms with Gasteiger partial charge in [-0.15, -0.1) is 11.3 Å². The van der Waals surface area contributed by atoms with Gasteiger partial charge in [0.25, 0.3) is 0 Å². The highest BCUT2D eigenvalue weighted by atomic mass is 32.1. The van der Waals surface area contributed by atoms with E-state index < -0.39 is 5.97 Å². The van der Waals surface area contributed by atoms with Crippen LogP contribution in [0.4, 0.5) is 0 Å². The molecule has 5 heteroatoms. The monoisotopic (exact) mass is 310 g/mol. The molecule has 0 saturated carbocycles. The van der Waals surface area contributed by atoms with Crippen molar-refractivity contribution in [1.29, 1.82) is 0 Å². The van der Waals surface area contributed by atoms with Crippen LogP contribution in [0.25, 0.3) is 21.1 Å². The molecular formula is C17H14N2O2S. The summed E-state index contributed by atoms with van der Waals surface area (Å²) in [6.45, 7) is 2.10. The van der Waals surface area contributed by atoms with Gasteiger partial charge in [0.2, 0.25) is 0 Å². The average Bonchev–Trinajstić information content (AvgIpc) is 3.02. The van der Waals surface area contributed by atoms with Crippen LogP contribution in [-0.2, 0) is 4.74 Å². The van der Waals surface area contributed by atoms with Crippen LogP contribution < -0.4 is 0 Å². The van der Waals surface area contributed by atoms with Gasteiger partial charge in [0.15, 0.2) is 5.69 Å². The van der Waals surface area contributed by atoms with Crippen LogP contribution in [0.15, 0.2) is 54.7 Å². The lowest BCUT2D eigenvalue weighted by atomic mass is 10.2. The molecule has 0 radical (unpaired) electrons. The molecule has 22 heavy (non-hydrogen) atoms. The van der Waals surface area contributed by atoms with Crippen molar-refractivity contribution < 1.29 is 9.53 Å². The van der Waals surface area contributed by atoms with Crippen LogP contribution in [0.3, 0.4) is 0 Å². The zero-order chi connectivity index (χ0) is 15.4. The Morgan fingerprint density at radius 1 is 1.14 bits per heavy atom. The normalized spacial score (nSPS) is 10.4. The van der Waals surface area contributed by atoms with Crippen LogP contribution in [0.5, 0.6) is 0 Å². The number of nitrogens with zero attached hydrogens (tertiary/aromatic N) is 2. The van der Waals surface area contributed by atoms with Crippen molar-refractivity contribution in [1.82, 2.24) is 9.97 Å². The minimum Gasteiger partial charge on any atom is -0.461 e. The molecule has 2 aromatic heterocycles. The highest BCUT2D eigenvalue weighted by molar-refractivity contribution is 7.18. The standard InChI is InChI=1S/C17H14N2O2S/c1-2-21-17(20)14-15(13-10-6-7-11-18-13)22-16(19-14)12-8-4-3-5-9-12/h3-11H,2H2,1H3. The minimum absolute atomic E-state index is 0.318. The second-order valence-electron chi connectivity index (χ2n) is 4.50. The molecule has 0 aliphatic heterocycles. The summed E-state index contributed by atoms with van der Waals surface area (Å²) in [4.78, 5) is 21.7. The predicted molar refractivity (Wildman–Crippen MR) is 86.7 cm³/mol. The van der Waals surface area contributed by atoms with E-state index in [0.29, 0.717) is 12.3 Å². The topological polar surface area (TPSA) is 52.1 Å². The number of thiazole rings is 1. The van der Waals surface area contributed by atoms with Gasteiger partial charge >= 0.3 is 5.97 Å². The molecule has 0 bridgehead atoms. The molecule has 0 aliphatic carbocycles. The summed E-state index contributed by atoms with van der Waals surface area (Å²) in [6.07, 6.45) is 1.70. The van der Waals surface area contributed by atoms with Gasteiger partial charge in [0, 0.05) is 11.8 Å². The van der Waals surface area contributed by atoms with Gasteiger partial charge in [0.05, 0.1) is 17.2 Å². The Morgan fingerprint density at radius 3 is 2.59 bits per heavy atom. The number of pyridine rings is 1. The molecule has 0 amide bonds. The molecule has 0 N–H and O–H groups in total. The maximum atomic E-state index is 12.2. The van der Waals surface area contributed by atoms with Crippen molar-refractivity contribution in [2.45, 2.75) is 6.92 Å². The molecule has 0 aliphatic rings. The molecule has 3 rings (SSSR count). The molecule has 0 spiro atoms. The molecule has 0 unspecified atom stereocenters. The van der Waals surface area contributed by atoms with E-state index in [0.717, 1.165) is 21.1 Å². The molecule has 0 atom stereocenters. The zero-order valence-electron chi connectivity index (χ0n) is 12.0. The van der Waals surface area contributed by atoms with E-state index in [4.69, 9.17) is 4.74 Å². The molecule has 2 heterocycles. The van der Waals surface area contributed by atoms with Crippen LogP contribution in [0.2, 0.25) is 0 Å². The average molecular weight is 310 g/mol. The molecule has 1 aromatic carbocycles. The zero-order valence-corrected chi connectivity index (χ0v) is 12.8. The van der Waals surface area contributed by atoms with Crippen molar-refractivity contribution in [3.63, 3.8) is 0 Å². The molecule has 0 saturated heterocycles. The minimum atomic E-state index is -0.415. The summed E-state index contributed by atoms with van der Waals surface area (Å²) >= 11 is 1.45. The first-order chi connectivity index (χ1) is 10.8. The summed E-state index contributed by atoms with van der Waals surface area (Å²) < 4.78 is 5.12. The van der Waals surface area contributed by atoms with Crippen molar-refractivity contribution in [3.8, 4) is 21.1 Å². The largest absolute Gasteiger partial charge is 0.461 e. The number of esters is 1. The lowest BCUT2D eigenvalue weighted by molar-refractivity contribution is 0.0521. The molecule has 4 nitrogen and oxygen atoms in total. The third-order valence-corrected chi connectivity index (χ3v) is 4.14. The molecule has 110 valence electrons. The van der Waals surface area contributed by atoms with Gasteiger partial charge in [0.1, 0.15) is 5.01 Å². The number of benzene rings is 1. The van der Waals surface area contributed by atoms with Crippen molar-refractivity contribution in [2.24, 2.45) is 0 Å².